The molecule has 1 aromatic heterocycles. The van der Waals surface area contributed by atoms with Crippen LogP contribution in [0.4, 0.5) is 0 Å². The van der Waals surface area contributed by atoms with Crippen molar-refractivity contribution in [2.24, 2.45) is 5.73 Å². The molecule has 4 nitrogen and oxygen atoms in total. The van der Waals surface area contributed by atoms with Crippen molar-refractivity contribution < 1.29 is 0 Å². The molecule has 0 spiro atoms. The number of hydrogen-bond donors (Lipinski definition) is 1. The minimum atomic E-state index is 0.198. The minimum Gasteiger partial charge on any atom is -0.330 e. The van der Waals surface area contributed by atoms with Crippen molar-refractivity contribution in [1.29, 1.82) is 0 Å². The Morgan fingerprint density at radius 3 is 2.68 bits per heavy atom. The number of piperazine rings is 1. The highest BCUT2D eigenvalue weighted by molar-refractivity contribution is 5.11. The van der Waals surface area contributed by atoms with Crippen molar-refractivity contribution in [2.45, 2.75) is 38.4 Å². The van der Waals surface area contributed by atoms with Gasteiger partial charge in [-0.1, -0.05) is 0 Å². The summed E-state index contributed by atoms with van der Waals surface area (Å²) >= 11 is 0. The standard InChI is InChI=1S/C15H26N4/c1-15(2)12-18(3)14(4-7-16)11-19(15)10-13-5-8-17-9-6-13/h5-6,8-9,14H,4,7,10-12,16H2,1-3H3. The van der Waals surface area contributed by atoms with Crippen molar-refractivity contribution in [3.63, 3.8) is 0 Å². The summed E-state index contributed by atoms with van der Waals surface area (Å²) in [7, 11) is 2.21. The SMILES string of the molecule is CN1CC(C)(C)N(Cc2ccncc2)CC1CCN. The van der Waals surface area contributed by atoms with E-state index in [2.05, 4.69) is 47.8 Å². The van der Waals surface area contributed by atoms with Gasteiger partial charge in [-0.15, -0.1) is 0 Å². The Balaban J connectivity index is 2.08. The van der Waals surface area contributed by atoms with E-state index in [-0.39, 0.29) is 5.54 Å². The Morgan fingerprint density at radius 2 is 2.05 bits per heavy atom. The topological polar surface area (TPSA) is 45.4 Å². The van der Waals surface area contributed by atoms with Crippen LogP contribution in [0.15, 0.2) is 24.5 Å². The Bertz CT molecular complexity index is 390. The summed E-state index contributed by atoms with van der Waals surface area (Å²) in [5.41, 5.74) is 7.26. The van der Waals surface area contributed by atoms with Gasteiger partial charge in [-0.3, -0.25) is 9.88 Å². The summed E-state index contributed by atoms with van der Waals surface area (Å²) in [4.78, 5) is 9.11. The van der Waals surface area contributed by atoms with Gasteiger partial charge in [0.15, 0.2) is 0 Å². The summed E-state index contributed by atoms with van der Waals surface area (Å²) in [6.07, 6.45) is 4.81. The Labute approximate surface area is 116 Å². The largest absolute Gasteiger partial charge is 0.330 e. The first-order chi connectivity index (χ1) is 9.03. The second kappa shape index (κ2) is 5.99. The number of likely N-dealkylation sites (N-methyl/N-ethyl adjacent to an activating group) is 1. The van der Waals surface area contributed by atoms with Crippen molar-refractivity contribution >= 4 is 0 Å². The minimum absolute atomic E-state index is 0.198. The molecule has 0 bridgehead atoms. The molecule has 0 aromatic carbocycles. The predicted octanol–water partition coefficient (Wildman–Crippen LogP) is 1.33. The van der Waals surface area contributed by atoms with E-state index in [1.807, 2.05) is 12.4 Å². The van der Waals surface area contributed by atoms with Crippen LogP contribution in [0, 0.1) is 0 Å². The van der Waals surface area contributed by atoms with E-state index in [4.69, 9.17) is 5.73 Å². The summed E-state index contributed by atoms with van der Waals surface area (Å²) in [6.45, 7) is 8.57. The normalized spacial score (nSPS) is 24.5. The fourth-order valence-corrected chi connectivity index (χ4v) is 2.97. The lowest BCUT2D eigenvalue weighted by atomic mass is 9.94. The Hall–Kier alpha value is -0.970. The Kier molecular flexibility index (Phi) is 4.55. The van der Waals surface area contributed by atoms with E-state index in [0.29, 0.717) is 6.04 Å². The maximum atomic E-state index is 5.73. The fraction of sp³-hybridized carbons (Fsp3) is 0.667. The van der Waals surface area contributed by atoms with Gasteiger partial charge in [-0.05, 0) is 51.6 Å². The van der Waals surface area contributed by atoms with Gasteiger partial charge in [0.05, 0.1) is 0 Å². The van der Waals surface area contributed by atoms with E-state index in [1.54, 1.807) is 0 Å². The highest BCUT2D eigenvalue weighted by Gasteiger charge is 2.36. The van der Waals surface area contributed by atoms with Gasteiger partial charge in [-0.25, -0.2) is 0 Å². The van der Waals surface area contributed by atoms with Gasteiger partial charge >= 0.3 is 0 Å². The van der Waals surface area contributed by atoms with E-state index in [1.165, 1.54) is 5.56 Å². The first-order valence-corrected chi connectivity index (χ1v) is 7.07. The second-order valence-corrected chi connectivity index (χ2v) is 6.19. The highest BCUT2D eigenvalue weighted by atomic mass is 15.3. The molecule has 106 valence electrons. The first-order valence-electron chi connectivity index (χ1n) is 7.07. The van der Waals surface area contributed by atoms with Crippen molar-refractivity contribution in [3.8, 4) is 0 Å². The first kappa shape index (κ1) is 14.4. The number of aromatic nitrogens is 1. The predicted molar refractivity (Wildman–Crippen MR) is 78.8 cm³/mol. The molecule has 0 amide bonds. The average Bonchev–Trinajstić information content (AvgIpc) is 2.36. The van der Waals surface area contributed by atoms with E-state index >= 15 is 0 Å². The van der Waals surface area contributed by atoms with Gasteiger partial charge in [0.1, 0.15) is 0 Å². The van der Waals surface area contributed by atoms with Gasteiger partial charge in [0.2, 0.25) is 0 Å². The lowest BCUT2D eigenvalue weighted by Gasteiger charge is -2.50. The van der Waals surface area contributed by atoms with E-state index in [9.17, 15) is 0 Å². The number of pyridine rings is 1. The highest BCUT2D eigenvalue weighted by Crippen LogP contribution is 2.26. The van der Waals surface area contributed by atoms with Crippen LogP contribution in [0.5, 0.6) is 0 Å². The van der Waals surface area contributed by atoms with Crippen molar-refractivity contribution in [2.75, 3.05) is 26.7 Å². The molecule has 0 radical (unpaired) electrons. The summed E-state index contributed by atoms with van der Waals surface area (Å²) in [6, 6.07) is 4.78. The van der Waals surface area contributed by atoms with Crippen LogP contribution in [-0.4, -0.2) is 53.0 Å². The zero-order chi connectivity index (χ0) is 13.9. The third-order valence-corrected chi connectivity index (χ3v) is 4.17. The molecular formula is C15H26N4. The number of hydrogen-bond acceptors (Lipinski definition) is 4. The fourth-order valence-electron chi connectivity index (χ4n) is 2.97. The summed E-state index contributed by atoms with van der Waals surface area (Å²) in [5.74, 6) is 0. The zero-order valence-electron chi connectivity index (χ0n) is 12.3. The van der Waals surface area contributed by atoms with E-state index < -0.39 is 0 Å². The molecule has 2 heterocycles. The molecule has 1 unspecified atom stereocenters. The molecule has 1 aromatic rings. The number of nitrogens with zero attached hydrogens (tertiary/aromatic N) is 3. The second-order valence-electron chi connectivity index (χ2n) is 6.19. The molecule has 4 heteroatoms. The number of rotatable bonds is 4. The third kappa shape index (κ3) is 3.53. The van der Waals surface area contributed by atoms with Crippen LogP contribution in [0.2, 0.25) is 0 Å². The maximum Gasteiger partial charge on any atom is 0.0284 e. The van der Waals surface area contributed by atoms with Crippen LogP contribution >= 0.6 is 0 Å². The van der Waals surface area contributed by atoms with Gasteiger partial charge in [0.25, 0.3) is 0 Å². The molecule has 1 aliphatic rings. The summed E-state index contributed by atoms with van der Waals surface area (Å²) in [5, 5.41) is 0. The molecule has 2 rings (SSSR count). The molecule has 19 heavy (non-hydrogen) atoms. The molecule has 1 fully saturated rings. The molecular weight excluding hydrogens is 236 g/mol. The van der Waals surface area contributed by atoms with Crippen LogP contribution in [0.3, 0.4) is 0 Å². The quantitative estimate of drug-likeness (QED) is 0.889. The summed E-state index contributed by atoms with van der Waals surface area (Å²) < 4.78 is 0. The molecule has 1 aliphatic heterocycles. The monoisotopic (exact) mass is 262 g/mol. The zero-order valence-corrected chi connectivity index (χ0v) is 12.3. The number of nitrogens with two attached hydrogens (primary N) is 1. The lowest BCUT2D eigenvalue weighted by molar-refractivity contribution is -0.0121. The average molecular weight is 262 g/mol. The van der Waals surface area contributed by atoms with Crippen molar-refractivity contribution in [1.82, 2.24) is 14.8 Å². The van der Waals surface area contributed by atoms with Crippen LogP contribution in [0.25, 0.3) is 0 Å². The molecule has 0 saturated carbocycles. The van der Waals surface area contributed by atoms with Crippen LogP contribution in [-0.2, 0) is 6.54 Å². The van der Waals surface area contributed by atoms with Gasteiger partial charge in [0, 0.05) is 43.6 Å². The molecule has 1 saturated heterocycles. The molecule has 0 aliphatic carbocycles. The smallest absolute Gasteiger partial charge is 0.0284 e. The molecule has 2 N–H and O–H groups in total. The van der Waals surface area contributed by atoms with Crippen molar-refractivity contribution in [3.05, 3.63) is 30.1 Å². The third-order valence-electron chi connectivity index (χ3n) is 4.17. The van der Waals surface area contributed by atoms with E-state index in [0.717, 1.165) is 32.6 Å². The molecule has 1 atom stereocenters. The van der Waals surface area contributed by atoms with Gasteiger partial charge in [-0.2, -0.15) is 0 Å². The van der Waals surface area contributed by atoms with Gasteiger partial charge < -0.3 is 10.6 Å². The maximum absolute atomic E-state index is 5.73. The lowest BCUT2D eigenvalue weighted by Crippen LogP contribution is -2.62. The van der Waals surface area contributed by atoms with Crippen LogP contribution < -0.4 is 5.73 Å². The Morgan fingerprint density at radius 1 is 1.37 bits per heavy atom. The van der Waals surface area contributed by atoms with Crippen LogP contribution in [0.1, 0.15) is 25.8 Å².